The number of hydrogen-bond donors (Lipinski definition) is 1. The molecular weight excluding hydrogens is 297 g/mol. The lowest BCUT2D eigenvalue weighted by Crippen LogP contribution is -2.23. The van der Waals surface area contributed by atoms with E-state index in [9.17, 15) is 14.0 Å². The maximum atomic E-state index is 13.2. The molecule has 23 heavy (non-hydrogen) atoms. The Morgan fingerprint density at radius 2 is 1.91 bits per heavy atom. The van der Waals surface area contributed by atoms with Crippen LogP contribution < -0.4 is 5.73 Å². The maximum Gasteiger partial charge on any atom is 0.274 e. The molecule has 0 radical (unpaired) electrons. The van der Waals surface area contributed by atoms with Gasteiger partial charge in [0, 0.05) is 23.1 Å². The van der Waals surface area contributed by atoms with E-state index in [-0.39, 0.29) is 11.5 Å². The highest BCUT2D eigenvalue weighted by Crippen LogP contribution is 2.19. The number of carbonyl (C=O) groups excluding carboxylic acids is 2. The molecule has 6 heteroatoms. The second-order valence-electron chi connectivity index (χ2n) is 5.15. The normalized spacial score (nSPS) is 13.8. The molecule has 1 aliphatic rings. The van der Waals surface area contributed by atoms with Crippen molar-refractivity contribution in [2.75, 3.05) is 6.54 Å². The lowest BCUT2D eigenvalue weighted by molar-refractivity contribution is 0.0777. The standard InChI is InChI=1S/C17H14FN3O2/c18-12-5-3-4-11(10-12)17(23)21-9-8-15(20-21)13-6-1-2-7-14(13)16(19)22/h1-7,10H,8-9H2,(H2,19,22). The summed E-state index contributed by atoms with van der Waals surface area (Å²) in [6.07, 6.45) is 0.505. The molecule has 0 fully saturated rings. The minimum absolute atomic E-state index is 0.234. The summed E-state index contributed by atoms with van der Waals surface area (Å²) in [5.74, 6) is -1.40. The summed E-state index contributed by atoms with van der Waals surface area (Å²) in [6, 6.07) is 12.3. The number of hydrazone groups is 1. The molecule has 116 valence electrons. The lowest BCUT2D eigenvalue weighted by Gasteiger charge is -2.11. The fraction of sp³-hybridized carbons (Fsp3) is 0.118. The van der Waals surface area contributed by atoms with Crippen molar-refractivity contribution < 1.29 is 14.0 Å². The third kappa shape index (κ3) is 2.96. The van der Waals surface area contributed by atoms with Gasteiger partial charge in [0.15, 0.2) is 0 Å². The highest BCUT2D eigenvalue weighted by atomic mass is 19.1. The topological polar surface area (TPSA) is 75.8 Å². The number of rotatable bonds is 3. The third-order valence-electron chi connectivity index (χ3n) is 3.61. The van der Waals surface area contributed by atoms with Crippen LogP contribution in [0.4, 0.5) is 4.39 Å². The van der Waals surface area contributed by atoms with E-state index >= 15 is 0 Å². The Kier molecular flexibility index (Phi) is 3.89. The van der Waals surface area contributed by atoms with E-state index < -0.39 is 11.7 Å². The monoisotopic (exact) mass is 311 g/mol. The molecule has 2 aromatic rings. The molecule has 1 heterocycles. The number of carbonyl (C=O) groups is 2. The Hall–Kier alpha value is -3.02. The van der Waals surface area contributed by atoms with Gasteiger partial charge < -0.3 is 5.73 Å². The van der Waals surface area contributed by atoms with Gasteiger partial charge in [-0.05, 0) is 24.3 Å². The number of hydrogen-bond acceptors (Lipinski definition) is 3. The molecule has 0 aromatic heterocycles. The van der Waals surface area contributed by atoms with E-state index in [1.165, 1.54) is 29.3 Å². The summed E-state index contributed by atoms with van der Waals surface area (Å²) >= 11 is 0. The molecule has 0 saturated heterocycles. The highest BCUT2D eigenvalue weighted by molar-refractivity contribution is 6.11. The van der Waals surface area contributed by atoms with Gasteiger partial charge in [0.2, 0.25) is 5.91 Å². The molecule has 3 rings (SSSR count). The molecule has 5 nitrogen and oxygen atoms in total. The third-order valence-corrected chi connectivity index (χ3v) is 3.61. The Balaban J connectivity index is 1.90. The van der Waals surface area contributed by atoms with Crippen LogP contribution in [0.25, 0.3) is 0 Å². The molecule has 2 N–H and O–H groups in total. The Labute approximate surface area is 132 Å². The molecule has 0 bridgehead atoms. The van der Waals surface area contributed by atoms with E-state index in [0.29, 0.717) is 29.8 Å². The molecular formula is C17H14FN3O2. The van der Waals surface area contributed by atoms with E-state index in [1.54, 1.807) is 24.3 Å². The minimum atomic E-state index is -0.543. The number of nitrogens with zero attached hydrogens (tertiary/aromatic N) is 2. The van der Waals surface area contributed by atoms with Crippen molar-refractivity contribution in [3.8, 4) is 0 Å². The average Bonchev–Trinajstić information content (AvgIpc) is 3.04. The van der Waals surface area contributed by atoms with Gasteiger partial charge in [-0.2, -0.15) is 5.10 Å². The SMILES string of the molecule is NC(=O)c1ccccc1C1=NN(C(=O)c2cccc(F)c2)CC1. The van der Waals surface area contributed by atoms with Crippen LogP contribution in [0.2, 0.25) is 0 Å². The number of halogens is 1. The Morgan fingerprint density at radius 3 is 2.65 bits per heavy atom. The van der Waals surface area contributed by atoms with Gasteiger partial charge in [-0.25, -0.2) is 9.40 Å². The predicted octanol–water partition coefficient (Wildman–Crippen LogP) is 2.17. The van der Waals surface area contributed by atoms with E-state index in [0.717, 1.165) is 0 Å². The quantitative estimate of drug-likeness (QED) is 0.943. The second kappa shape index (κ2) is 6.00. The average molecular weight is 311 g/mol. The number of primary amides is 1. The van der Waals surface area contributed by atoms with Gasteiger partial charge in [-0.1, -0.05) is 24.3 Å². The van der Waals surface area contributed by atoms with Crippen molar-refractivity contribution in [3.63, 3.8) is 0 Å². The first-order valence-electron chi connectivity index (χ1n) is 7.10. The fourth-order valence-electron chi connectivity index (χ4n) is 2.51. The molecule has 0 unspecified atom stereocenters. The summed E-state index contributed by atoms with van der Waals surface area (Å²) in [4.78, 5) is 23.9. The van der Waals surface area contributed by atoms with Crippen LogP contribution in [-0.2, 0) is 0 Å². The van der Waals surface area contributed by atoms with Crippen LogP contribution in [0, 0.1) is 5.82 Å². The highest BCUT2D eigenvalue weighted by Gasteiger charge is 2.24. The first-order chi connectivity index (χ1) is 11.1. The smallest absolute Gasteiger partial charge is 0.274 e. The van der Waals surface area contributed by atoms with Gasteiger partial charge in [0.25, 0.3) is 5.91 Å². The van der Waals surface area contributed by atoms with Crippen LogP contribution in [0.5, 0.6) is 0 Å². The van der Waals surface area contributed by atoms with Crippen LogP contribution in [-0.4, -0.2) is 29.1 Å². The van der Waals surface area contributed by atoms with Gasteiger partial charge >= 0.3 is 0 Å². The Morgan fingerprint density at radius 1 is 1.13 bits per heavy atom. The zero-order valence-corrected chi connectivity index (χ0v) is 12.2. The van der Waals surface area contributed by atoms with Crippen LogP contribution in [0.3, 0.4) is 0 Å². The maximum absolute atomic E-state index is 13.2. The van der Waals surface area contributed by atoms with Crippen molar-refractivity contribution in [1.82, 2.24) is 5.01 Å². The van der Waals surface area contributed by atoms with Gasteiger partial charge in [-0.15, -0.1) is 0 Å². The molecule has 0 saturated carbocycles. The van der Waals surface area contributed by atoms with Crippen molar-refractivity contribution in [2.24, 2.45) is 10.8 Å². The van der Waals surface area contributed by atoms with Crippen molar-refractivity contribution in [1.29, 1.82) is 0 Å². The molecule has 0 aliphatic carbocycles. The Bertz CT molecular complexity index is 817. The van der Waals surface area contributed by atoms with Gasteiger partial charge in [-0.3, -0.25) is 9.59 Å². The summed E-state index contributed by atoms with van der Waals surface area (Å²) < 4.78 is 13.2. The number of amides is 2. The van der Waals surface area contributed by atoms with Crippen LogP contribution >= 0.6 is 0 Å². The second-order valence-corrected chi connectivity index (χ2v) is 5.15. The van der Waals surface area contributed by atoms with Gasteiger partial charge in [0.1, 0.15) is 5.82 Å². The van der Waals surface area contributed by atoms with Crippen molar-refractivity contribution in [2.45, 2.75) is 6.42 Å². The van der Waals surface area contributed by atoms with Crippen molar-refractivity contribution >= 4 is 17.5 Å². The summed E-state index contributed by atoms with van der Waals surface area (Å²) in [5.41, 5.74) is 7.20. The summed E-state index contributed by atoms with van der Waals surface area (Å²) in [6.45, 7) is 0.373. The summed E-state index contributed by atoms with van der Waals surface area (Å²) in [5, 5.41) is 5.56. The van der Waals surface area contributed by atoms with E-state index in [1.807, 2.05) is 0 Å². The molecule has 1 aliphatic heterocycles. The first-order valence-corrected chi connectivity index (χ1v) is 7.10. The fourth-order valence-corrected chi connectivity index (χ4v) is 2.51. The minimum Gasteiger partial charge on any atom is -0.366 e. The first kappa shape index (κ1) is 14.9. The zero-order valence-electron chi connectivity index (χ0n) is 12.2. The van der Waals surface area contributed by atoms with Crippen LogP contribution in [0.1, 0.15) is 32.7 Å². The van der Waals surface area contributed by atoms with Gasteiger partial charge in [0.05, 0.1) is 12.3 Å². The predicted molar refractivity (Wildman–Crippen MR) is 83.6 cm³/mol. The molecule has 0 atom stereocenters. The molecule has 0 spiro atoms. The van der Waals surface area contributed by atoms with E-state index in [2.05, 4.69) is 5.10 Å². The molecule has 2 amide bonds. The van der Waals surface area contributed by atoms with Crippen LogP contribution in [0.15, 0.2) is 53.6 Å². The zero-order chi connectivity index (χ0) is 16.4. The lowest BCUT2D eigenvalue weighted by atomic mass is 10.0. The largest absolute Gasteiger partial charge is 0.366 e. The van der Waals surface area contributed by atoms with E-state index in [4.69, 9.17) is 5.73 Å². The molecule has 2 aromatic carbocycles. The number of benzene rings is 2. The van der Waals surface area contributed by atoms with Crippen molar-refractivity contribution in [3.05, 3.63) is 71.0 Å². The number of nitrogens with two attached hydrogens (primary N) is 1. The summed E-state index contributed by atoms with van der Waals surface area (Å²) in [7, 11) is 0.